The Kier molecular flexibility index (Phi) is 10.1. The summed E-state index contributed by atoms with van der Waals surface area (Å²) in [7, 11) is 3.42. The minimum atomic E-state index is -0.859. The highest BCUT2D eigenvalue weighted by molar-refractivity contribution is 5.30. The van der Waals surface area contributed by atoms with E-state index in [0.717, 1.165) is 82.5 Å². The molecule has 0 heterocycles. The number of benzene rings is 2. The molecular weight excluding hydrogens is 610 g/mol. The van der Waals surface area contributed by atoms with Crippen LogP contribution in [0.4, 0.5) is 0 Å². The van der Waals surface area contributed by atoms with E-state index >= 15 is 0 Å². The topological polar surface area (TPSA) is 82.4 Å². The third-order valence-corrected chi connectivity index (χ3v) is 15.4. The number of hydrogen-bond acceptors (Lipinski definition) is 6. The lowest BCUT2D eigenvalue weighted by Crippen LogP contribution is -2.66. The van der Waals surface area contributed by atoms with Crippen molar-refractivity contribution in [3.8, 4) is 11.5 Å². The number of ether oxygens (including phenoxy) is 2. The third kappa shape index (κ3) is 6.36. The smallest absolute Gasteiger partial charge is 0.119 e. The van der Waals surface area contributed by atoms with E-state index in [4.69, 9.17) is 9.47 Å². The van der Waals surface area contributed by atoms with Gasteiger partial charge in [-0.1, -0.05) is 58.9 Å². The van der Waals surface area contributed by atoms with Crippen molar-refractivity contribution in [3.63, 3.8) is 0 Å². The molecule has 6 nitrogen and oxygen atoms in total. The van der Waals surface area contributed by atoms with Crippen molar-refractivity contribution in [1.29, 1.82) is 0 Å². The molecule has 49 heavy (non-hydrogen) atoms. The molecule has 0 amide bonds. The van der Waals surface area contributed by atoms with Crippen molar-refractivity contribution >= 4 is 0 Å². The SMILES string of the molecule is COc1cccc(CN(CCC[C@](C)(O)[C@H]2CC[C@]3(C)C2[C@H](O)CC2[C@@]4(C)CC[C@H](O)C(C)(C)C4CC[C@]23C)Cc2cccc(OC)c2)c1. The maximum Gasteiger partial charge on any atom is 0.119 e. The largest absolute Gasteiger partial charge is 0.497 e. The van der Waals surface area contributed by atoms with E-state index < -0.39 is 11.7 Å². The van der Waals surface area contributed by atoms with Crippen molar-refractivity contribution in [2.45, 2.75) is 130 Å². The zero-order valence-corrected chi connectivity index (χ0v) is 31.7. The van der Waals surface area contributed by atoms with E-state index in [1.54, 1.807) is 14.2 Å². The highest BCUT2D eigenvalue weighted by Gasteiger charge is 2.71. The Morgan fingerprint density at radius 2 is 1.39 bits per heavy atom. The van der Waals surface area contributed by atoms with Crippen molar-refractivity contribution in [2.24, 2.45) is 45.3 Å². The lowest BCUT2D eigenvalue weighted by atomic mass is 9.35. The molecule has 0 aliphatic heterocycles. The molecule has 6 heteroatoms. The summed E-state index contributed by atoms with van der Waals surface area (Å²) in [5.74, 6) is 2.78. The highest BCUT2D eigenvalue weighted by atomic mass is 16.5. The number of hydrogen-bond donors (Lipinski definition) is 3. The lowest BCUT2D eigenvalue weighted by molar-refractivity contribution is -0.246. The molecule has 6 rings (SSSR count). The molecule has 272 valence electrons. The van der Waals surface area contributed by atoms with Crippen LogP contribution in [0.25, 0.3) is 0 Å². The van der Waals surface area contributed by atoms with Gasteiger partial charge in [0, 0.05) is 13.1 Å². The van der Waals surface area contributed by atoms with E-state index in [1.807, 2.05) is 24.3 Å². The first-order chi connectivity index (χ1) is 23.1. The van der Waals surface area contributed by atoms with Gasteiger partial charge in [0.25, 0.3) is 0 Å². The van der Waals surface area contributed by atoms with Gasteiger partial charge in [0.15, 0.2) is 0 Å². The van der Waals surface area contributed by atoms with Crippen LogP contribution in [0.3, 0.4) is 0 Å². The van der Waals surface area contributed by atoms with Gasteiger partial charge in [0.05, 0.1) is 32.0 Å². The number of nitrogens with zero attached hydrogens (tertiary/aromatic N) is 1. The molecule has 0 radical (unpaired) electrons. The van der Waals surface area contributed by atoms with Crippen LogP contribution in [0.5, 0.6) is 11.5 Å². The molecule has 3 N–H and O–H groups in total. The van der Waals surface area contributed by atoms with Gasteiger partial charge in [-0.2, -0.15) is 0 Å². The second-order valence-electron chi connectivity index (χ2n) is 18.2. The van der Waals surface area contributed by atoms with Crippen molar-refractivity contribution in [1.82, 2.24) is 4.90 Å². The zero-order chi connectivity index (χ0) is 35.4. The van der Waals surface area contributed by atoms with E-state index in [1.165, 1.54) is 11.1 Å². The Morgan fingerprint density at radius 3 is 1.98 bits per heavy atom. The molecular formula is C43H65NO5. The molecule has 4 aliphatic carbocycles. The molecule has 4 saturated carbocycles. The van der Waals surface area contributed by atoms with Gasteiger partial charge < -0.3 is 24.8 Å². The van der Waals surface area contributed by atoms with Crippen LogP contribution >= 0.6 is 0 Å². The predicted octanol–water partition coefficient (Wildman–Crippen LogP) is 8.25. The van der Waals surface area contributed by atoms with Gasteiger partial charge in [0.2, 0.25) is 0 Å². The van der Waals surface area contributed by atoms with Gasteiger partial charge in [-0.25, -0.2) is 0 Å². The number of fused-ring (bicyclic) bond motifs is 5. The Balaban J connectivity index is 1.18. The summed E-state index contributed by atoms with van der Waals surface area (Å²) in [5, 5.41) is 35.5. The van der Waals surface area contributed by atoms with E-state index in [2.05, 4.69) is 70.7 Å². The molecule has 2 aromatic rings. The van der Waals surface area contributed by atoms with E-state index in [0.29, 0.717) is 18.3 Å². The van der Waals surface area contributed by atoms with Gasteiger partial charge in [-0.15, -0.1) is 0 Å². The molecule has 0 aromatic heterocycles. The third-order valence-electron chi connectivity index (χ3n) is 15.4. The second-order valence-corrected chi connectivity index (χ2v) is 18.2. The fourth-order valence-corrected chi connectivity index (χ4v) is 12.6. The molecule has 10 atom stereocenters. The van der Waals surface area contributed by atoms with Crippen molar-refractivity contribution in [2.75, 3.05) is 20.8 Å². The summed E-state index contributed by atoms with van der Waals surface area (Å²) < 4.78 is 11.0. The standard InChI is InChI=1S/C43H65NO5/c1-39(2)35-17-22-41(4)36(40(35,3)20-18-37(39)46)26-34(45)38-33(16-21-42(38,41)5)43(6,47)19-11-23-44(27-29-12-9-14-31(24-29)48-7)28-30-13-10-15-32(25-30)49-8/h9-10,12-15,24-25,33-38,45-47H,11,16-23,26-28H2,1-8H3/t33-,34+,35?,36?,37-,38?,40-,41+,42+,43-/m0/s1. The predicted molar refractivity (Wildman–Crippen MR) is 196 cm³/mol. The minimum Gasteiger partial charge on any atom is -0.497 e. The molecule has 4 aliphatic rings. The van der Waals surface area contributed by atoms with E-state index in [9.17, 15) is 15.3 Å². The second kappa shape index (κ2) is 13.5. The zero-order valence-electron chi connectivity index (χ0n) is 31.7. The summed E-state index contributed by atoms with van der Waals surface area (Å²) in [5.41, 5.74) is 1.63. The van der Waals surface area contributed by atoms with Crippen LogP contribution in [0, 0.1) is 45.3 Å². The summed E-state index contributed by atoms with van der Waals surface area (Å²) in [4.78, 5) is 2.46. The first kappa shape index (κ1) is 36.7. The monoisotopic (exact) mass is 675 g/mol. The number of aliphatic hydroxyl groups excluding tert-OH is 2. The minimum absolute atomic E-state index is 0.0249. The molecule has 4 fully saturated rings. The van der Waals surface area contributed by atoms with Gasteiger partial charge in [0.1, 0.15) is 11.5 Å². The number of aliphatic hydroxyl groups is 3. The Hall–Kier alpha value is -2.12. The molecule has 2 aromatic carbocycles. The fourth-order valence-electron chi connectivity index (χ4n) is 12.6. The average Bonchev–Trinajstić information content (AvgIpc) is 3.45. The normalized spacial score (nSPS) is 37.9. The quantitative estimate of drug-likeness (QED) is 0.223. The van der Waals surface area contributed by atoms with Gasteiger partial charge >= 0.3 is 0 Å². The number of methoxy groups -OCH3 is 2. The van der Waals surface area contributed by atoms with Gasteiger partial charge in [-0.05, 0) is 152 Å². The Bertz CT molecular complexity index is 1410. The summed E-state index contributed by atoms with van der Waals surface area (Å²) in [6.45, 7) is 16.6. The van der Waals surface area contributed by atoms with Crippen LogP contribution in [-0.4, -0.2) is 58.8 Å². The van der Waals surface area contributed by atoms with Crippen LogP contribution in [0.2, 0.25) is 0 Å². The first-order valence-electron chi connectivity index (χ1n) is 19.2. The number of rotatable bonds is 11. The average molecular weight is 676 g/mol. The van der Waals surface area contributed by atoms with Crippen LogP contribution in [0.15, 0.2) is 48.5 Å². The lowest BCUT2D eigenvalue weighted by Gasteiger charge is -2.70. The maximum atomic E-state index is 12.3. The van der Waals surface area contributed by atoms with Crippen molar-refractivity contribution < 1.29 is 24.8 Å². The van der Waals surface area contributed by atoms with E-state index in [-0.39, 0.29) is 39.6 Å². The molecule has 0 saturated heterocycles. The van der Waals surface area contributed by atoms with Crippen molar-refractivity contribution in [3.05, 3.63) is 59.7 Å². The van der Waals surface area contributed by atoms with Crippen LogP contribution in [0.1, 0.15) is 110 Å². The van der Waals surface area contributed by atoms with Crippen LogP contribution < -0.4 is 9.47 Å². The maximum absolute atomic E-state index is 12.3. The molecule has 0 bridgehead atoms. The van der Waals surface area contributed by atoms with Gasteiger partial charge in [-0.3, -0.25) is 4.90 Å². The first-order valence-corrected chi connectivity index (χ1v) is 19.2. The summed E-state index contributed by atoms with van der Waals surface area (Å²) in [6.07, 6.45) is 7.94. The molecule has 0 spiro atoms. The highest BCUT2D eigenvalue weighted by Crippen LogP contribution is 2.75. The summed E-state index contributed by atoms with van der Waals surface area (Å²) >= 11 is 0. The summed E-state index contributed by atoms with van der Waals surface area (Å²) in [6, 6.07) is 16.6. The van der Waals surface area contributed by atoms with Crippen LogP contribution in [-0.2, 0) is 13.1 Å². The Labute approximate surface area is 296 Å². The molecule has 3 unspecified atom stereocenters. The fraction of sp³-hybridized carbons (Fsp3) is 0.721. The Morgan fingerprint density at radius 1 is 0.796 bits per heavy atom.